The van der Waals surface area contributed by atoms with Crippen molar-refractivity contribution in [2.45, 2.75) is 13.0 Å². The number of benzene rings is 1. The Bertz CT molecular complexity index is 434. The second-order valence-electron chi connectivity index (χ2n) is 3.66. The SMILES string of the molecule is C=C1SCNC1C(=O)C=O.CCOc1ccccc1. The Kier molecular flexibility index (Phi) is 6.92. The second-order valence-corrected chi connectivity index (χ2v) is 4.76. The molecule has 0 amide bonds. The fourth-order valence-electron chi connectivity index (χ4n) is 1.43. The molecule has 1 aliphatic heterocycles. The molecule has 1 fully saturated rings. The molecule has 5 heteroatoms. The van der Waals surface area contributed by atoms with E-state index in [0.29, 0.717) is 12.2 Å². The van der Waals surface area contributed by atoms with Gasteiger partial charge < -0.3 is 4.74 Å². The Morgan fingerprint density at radius 2 is 2.21 bits per heavy atom. The van der Waals surface area contributed by atoms with Crippen LogP contribution in [0.2, 0.25) is 0 Å². The first-order chi connectivity index (χ1) is 9.19. The second kappa shape index (κ2) is 8.50. The Morgan fingerprint density at radius 3 is 2.68 bits per heavy atom. The number of hydrogen-bond acceptors (Lipinski definition) is 5. The molecule has 4 nitrogen and oxygen atoms in total. The smallest absolute Gasteiger partial charge is 0.217 e. The molecule has 1 aromatic rings. The van der Waals surface area contributed by atoms with E-state index in [-0.39, 0.29) is 0 Å². The lowest BCUT2D eigenvalue weighted by molar-refractivity contribution is -0.130. The molecule has 1 saturated heterocycles. The third-order valence-electron chi connectivity index (χ3n) is 2.32. The van der Waals surface area contributed by atoms with Crippen molar-refractivity contribution in [3.05, 3.63) is 41.8 Å². The van der Waals surface area contributed by atoms with E-state index in [1.165, 1.54) is 11.8 Å². The molecule has 102 valence electrons. The number of ketones is 1. The summed E-state index contributed by atoms with van der Waals surface area (Å²) < 4.78 is 5.21. The number of carbonyl (C=O) groups is 2. The van der Waals surface area contributed by atoms with Crippen LogP contribution in [0.4, 0.5) is 0 Å². The van der Waals surface area contributed by atoms with Crippen molar-refractivity contribution in [2.24, 2.45) is 0 Å². The van der Waals surface area contributed by atoms with Gasteiger partial charge in [-0.2, -0.15) is 0 Å². The van der Waals surface area contributed by atoms with Gasteiger partial charge in [-0.25, -0.2) is 0 Å². The first-order valence-corrected chi connectivity index (χ1v) is 6.89. The summed E-state index contributed by atoms with van der Waals surface area (Å²) >= 11 is 1.46. The van der Waals surface area contributed by atoms with E-state index in [1.54, 1.807) is 0 Å². The number of para-hydroxylation sites is 1. The molecule has 1 aliphatic rings. The summed E-state index contributed by atoms with van der Waals surface area (Å²) in [4.78, 5) is 21.5. The lowest BCUT2D eigenvalue weighted by atomic mass is 10.2. The van der Waals surface area contributed by atoms with E-state index in [9.17, 15) is 9.59 Å². The number of carbonyl (C=O) groups excluding carboxylic acids is 2. The molecule has 1 aromatic carbocycles. The number of Topliss-reactive ketones (excluding diaryl/α,β-unsaturated/α-hetero) is 1. The summed E-state index contributed by atoms with van der Waals surface area (Å²) in [5.74, 6) is 1.18. The van der Waals surface area contributed by atoms with E-state index in [0.717, 1.165) is 17.3 Å². The van der Waals surface area contributed by atoms with Crippen LogP contribution >= 0.6 is 11.8 Å². The monoisotopic (exact) mass is 279 g/mol. The zero-order valence-electron chi connectivity index (χ0n) is 10.8. The highest BCUT2D eigenvalue weighted by Crippen LogP contribution is 2.22. The van der Waals surface area contributed by atoms with Crippen LogP contribution in [0, 0.1) is 0 Å². The minimum Gasteiger partial charge on any atom is -0.494 e. The van der Waals surface area contributed by atoms with Crippen molar-refractivity contribution in [3.63, 3.8) is 0 Å². The van der Waals surface area contributed by atoms with Gasteiger partial charge in [0.1, 0.15) is 11.8 Å². The average molecular weight is 279 g/mol. The lowest BCUT2D eigenvalue weighted by Crippen LogP contribution is -2.32. The summed E-state index contributed by atoms with van der Waals surface area (Å²) in [5, 5.41) is 2.84. The van der Waals surface area contributed by atoms with Crippen LogP contribution < -0.4 is 10.1 Å². The minimum atomic E-state index is -0.442. The van der Waals surface area contributed by atoms with Gasteiger partial charge in [-0.1, -0.05) is 24.8 Å². The molecule has 0 spiro atoms. The van der Waals surface area contributed by atoms with Crippen LogP contribution in [0.3, 0.4) is 0 Å². The summed E-state index contributed by atoms with van der Waals surface area (Å²) in [5.41, 5.74) is 0. The first kappa shape index (κ1) is 15.5. The van der Waals surface area contributed by atoms with E-state index in [4.69, 9.17) is 4.74 Å². The molecule has 0 aromatic heterocycles. The summed E-state index contributed by atoms with van der Waals surface area (Å²) in [6.45, 7) is 6.34. The van der Waals surface area contributed by atoms with Gasteiger partial charge in [0.05, 0.1) is 6.61 Å². The quantitative estimate of drug-likeness (QED) is 0.675. The predicted octanol–water partition coefficient (Wildman–Crippen LogP) is 2.02. The van der Waals surface area contributed by atoms with E-state index >= 15 is 0 Å². The number of aldehydes is 1. The van der Waals surface area contributed by atoms with Crippen LogP contribution in [0.25, 0.3) is 0 Å². The molecule has 0 radical (unpaired) electrons. The lowest BCUT2D eigenvalue weighted by Gasteiger charge is -2.02. The Morgan fingerprint density at radius 1 is 1.53 bits per heavy atom. The number of hydrogen-bond donors (Lipinski definition) is 1. The zero-order chi connectivity index (χ0) is 14.1. The van der Waals surface area contributed by atoms with Crippen LogP contribution in [-0.4, -0.2) is 30.6 Å². The van der Waals surface area contributed by atoms with Gasteiger partial charge in [0.2, 0.25) is 5.78 Å². The number of ether oxygens (including phenoxy) is 1. The molecule has 0 bridgehead atoms. The number of rotatable bonds is 4. The Hall–Kier alpha value is -1.59. The highest BCUT2D eigenvalue weighted by Gasteiger charge is 2.25. The average Bonchev–Trinajstić information content (AvgIpc) is 2.86. The van der Waals surface area contributed by atoms with E-state index in [2.05, 4.69) is 11.9 Å². The molecular weight excluding hydrogens is 262 g/mol. The van der Waals surface area contributed by atoms with Crippen LogP contribution in [-0.2, 0) is 9.59 Å². The molecule has 1 atom stereocenters. The zero-order valence-corrected chi connectivity index (χ0v) is 11.6. The van der Waals surface area contributed by atoms with Crippen molar-refractivity contribution in [1.82, 2.24) is 5.32 Å². The fraction of sp³-hybridized carbons (Fsp3) is 0.286. The molecule has 0 saturated carbocycles. The van der Waals surface area contributed by atoms with Crippen molar-refractivity contribution in [3.8, 4) is 5.75 Å². The van der Waals surface area contributed by atoms with Gasteiger partial charge in [0.15, 0.2) is 6.29 Å². The van der Waals surface area contributed by atoms with Crippen LogP contribution in [0.1, 0.15) is 6.92 Å². The van der Waals surface area contributed by atoms with Crippen molar-refractivity contribution >= 4 is 23.8 Å². The number of nitrogens with one attached hydrogen (secondary N) is 1. The minimum absolute atomic E-state index is 0.328. The van der Waals surface area contributed by atoms with E-state index in [1.807, 2.05) is 37.3 Å². The highest BCUT2D eigenvalue weighted by atomic mass is 32.2. The maximum Gasteiger partial charge on any atom is 0.217 e. The van der Waals surface area contributed by atoms with Crippen molar-refractivity contribution < 1.29 is 14.3 Å². The maximum absolute atomic E-state index is 10.7. The molecule has 0 aliphatic carbocycles. The van der Waals surface area contributed by atoms with Gasteiger partial charge in [-0.15, -0.1) is 11.8 Å². The van der Waals surface area contributed by atoms with E-state index < -0.39 is 11.8 Å². The maximum atomic E-state index is 10.7. The van der Waals surface area contributed by atoms with Gasteiger partial charge >= 0.3 is 0 Å². The Balaban J connectivity index is 0.000000191. The van der Waals surface area contributed by atoms with Gasteiger partial charge in [-0.3, -0.25) is 14.9 Å². The number of thioether (sulfide) groups is 1. The molecule has 19 heavy (non-hydrogen) atoms. The molecule has 1 heterocycles. The summed E-state index contributed by atoms with van der Waals surface area (Å²) in [7, 11) is 0. The van der Waals surface area contributed by atoms with Crippen molar-refractivity contribution in [2.75, 3.05) is 12.5 Å². The van der Waals surface area contributed by atoms with Gasteiger partial charge in [0, 0.05) is 10.8 Å². The predicted molar refractivity (Wildman–Crippen MR) is 77.2 cm³/mol. The summed E-state index contributed by atoms with van der Waals surface area (Å²) in [6.07, 6.45) is 0.328. The standard InChI is InChI=1S/C8H10O.C6H7NO2S/c1-2-9-8-6-4-3-5-7-8;1-4-6(5(9)2-8)7-3-10-4/h3-7H,2H2,1H3;2,6-7H,1,3H2. The third-order valence-corrected chi connectivity index (χ3v) is 3.24. The fourth-order valence-corrected chi connectivity index (χ4v) is 2.23. The molecule has 1 N–H and O–H groups in total. The normalized spacial score (nSPS) is 17.3. The molecule has 2 rings (SSSR count). The van der Waals surface area contributed by atoms with Crippen molar-refractivity contribution in [1.29, 1.82) is 0 Å². The summed E-state index contributed by atoms with van der Waals surface area (Å²) in [6, 6.07) is 9.36. The molecule has 1 unspecified atom stereocenters. The molecular formula is C14H17NO3S. The topological polar surface area (TPSA) is 55.4 Å². The van der Waals surface area contributed by atoms with Gasteiger partial charge in [0.25, 0.3) is 0 Å². The first-order valence-electron chi connectivity index (χ1n) is 5.91. The largest absolute Gasteiger partial charge is 0.494 e. The van der Waals surface area contributed by atoms with Crippen LogP contribution in [0.15, 0.2) is 41.8 Å². The third kappa shape index (κ3) is 5.28. The van der Waals surface area contributed by atoms with Crippen LogP contribution in [0.5, 0.6) is 5.75 Å². The Labute approximate surface area is 117 Å². The highest BCUT2D eigenvalue weighted by molar-refractivity contribution is 8.03. The van der Waals surface area contributed by atoms with Gasteiger partial charge in [-0.05, 0) is 19.1 Å².